The van der Waals surface area contributed by atoms with Crippen molar-refractivity contribution in [2.45, 2.75) is 23.8 Å². The number of aryl methyl sites for hydroxylation is 2. The number of benzene rings is 2. The summed E-state index contributed by atoms with van der Waals surface area (Å²) < 4.78 is 20.7. The van der Waals surface area contributed by atoms with Crippen molar-refractivity contribution in [1.82, 2.24) is 18.8 Å². The lowest BCUT2D eigenvalue weighted by atomic mass is 10.0. The summed E-state index contributed by atoms with van der Waals surface area (Å²) >= 11 is 0. The fourth-order valence-corrected chi connectivity index (χ4v) is 5.61. The van der Waals surface area contributed by atoms with E-state index >= 15 is 0 Å². The molecule has 3 heterocycles. The van der Waals surface area contributed by atoms with E-state index in [1.165, 1.54) is 34.7 Å². The maximum Gasteiger partial charge on any atom is 0.125 e. The minimum absolute atomic E-state index is 0.210. The zero-order valence-corrected chi connectivity index (χ0v) is 18.4. The minimum Gasteiger partial charge on any atom is -0.351 e. The maximum atomic E-state index is 13.1. The van der Waals surface area contributed by atoms with Gasteiger partial charge in [0.15, 0.2) is 0 Å². The predicted octanol–water partition coefficient (Wildman–Crippen LogP) is 4.12. The van der Waals surface area contributed by atoms with Crippen molar-refractivity contribution in [2.75, 3.05) is 19.6 Å². The largest absolute Gasteiger partial charge is 0.351 e. The van der Waals surface area contributed by atoms with Crippen LogP contribution in [0.3, 0.4) is 0 Å². The van der Waals surface area contributed by atoms with Gasteiger partial charge in [0.25, 0.3) is 0 Å². The van der Waals surface area contributed by atoms with Gasteiger partial charge in [-0.2, -0.15) is 0 Å². The monoisotopic (exact) mass is 420 g/mol. The SMILES string of the molecule is Cn1ccc2ccc(S(=O)NCC(c3cn(C)c4ccccc34)N3CCCC3)cc21. The van der Waals surface area contributed by atoms with Gasteiger partial charge in [0.1, 0.15) is 11.0 Å². The summed E-state index contributed by atoms with van der Waals surface area (Å²) in [5.74, 6) is 0. The van der Waals surface area contributed by atoms with E-state index in [1.807, 2.05) is 31.4 Å². The van der Waals surface area contributed by atoms with E-state index in [1.54, 1.807) is 0 Å². The number of fused-ring (bicyclic) bond motifs is 2. The highest BCUT2D eigenvalue weighted by Gasteiger charge is 2.26. The van der Waals surface area contributed by atoms with Gasteiger partial charge in [-0.25, -0.2) is 8.93 Å². The third-order valence-electron chi connectivity index (χ3n) is 6.35. The van der Waals surface area contributed by atoms with Crippen LogP contribution in [0.5, 0.6) is 0 Å². The molecule has 2 unspecified atom stereocenters. The first kappa shape index (κ1) is 19.5. The normalized spacial score (nSPS) is 17.1. The van der Waals surface area contributed by atoms with Crippen molar-refractivity contribution in [2.24, 2.45) is 14.1 Å². The molecule has 1 aliphatic rings. The predicted molar refractivity (Wildman–Crippen MR) is 124 cm³/mol. The van der Waals surface area contributed by atoms with Gasteiger partial charge in [0, 0.05) is 49.5 Å². The Morgan fingerprint density at radius 2 is 1.80 bits per heavy atom. The Bertz CT molecular complexity index is 1220. The smallest absolute Gasteiger partial charge is 0.125 e. The van der Waals surface area contributed by atoms with E-state index in [-0.39, 0.29) is 6.04 Å². The van der Waals surface area contributed by atoms with Crippen LogP contribution in [0.1, 0.15) is 24.4 Å². The van der Waals surface area contributed by atoms with Crippen molar-refractivity contribution in [3.8, 4) is 0 Å². The first-order valence-electron chi connectivity index (χ1n) is 10.6. The van der Waals surface area contributed by atoms with Crippen LogP contribution < -0.4 is 4.72 Å². The summed E-state index contributed by atoms with van der Waals surface area (Å²) in [5, 5.41) is 2.46. The fourth-order valence-electron chi connectivity index (χ4n) is 4.72. The lowest BCUT2D eigenvalue weighted by Crippen LogP contribution is -2.34. The summed E-state index contributed by atoms with van der Waals surface area (Å²) in [6.07, 6.45) is 6.74. The number of rotatable bonds is 6. The first-order valence-corrected chi connectivity index (χ1v) is 11.7. The van der Waals surface area contributed by atoms with Crippen LogP contribution in [0.2, 0.25) is 0 Å². The van der Waals surface area contributed by atoms with Gasteiger partial charge in [-0.1, -0.05) is 24.3 Å². The van der Waals surface area contributed by atoms with E-state index < -0.39 is 11.0 Å². The molecule has 5 rings (SSSR count). The summed E-state index contributed by atoms with van der Waals surface area (Å²) in [5.41, 5.74) is 3.66. The Balaban J connectivity index is 1.42. The highest BCUT2D eigenvalue weighted by Crippen LogP contribution is 2.32. The Kier molecular flexibility index (Phi) is 5.23. The minimum atomic E-state index is -1.25. The third kappa shape index (κ3) is 3.49. The highest BCUT2D eigenvalue weighted by atomic mass is 32.2. The fraction of sp³-hybridized carbons (Fsp3) is 0.333. The molecule has 0 radical (unpaired) electrons. The standard InChI is InChI=1S/C24H28N4OS/c1-26-14-11-18-9-10-19(15-23(18)26)30(29)25-16-24(28-12-5-6-13-28)21-17-27(2)22-8-4-3-7-20(21)22/h3-4,7-11,14-15,17,24-25H,5-6,12-13,16H2,1-2H3. The molecule has 1 saturated heterocycles. The van der Waals surface area contributed by atoms with E-state index in [9.17, 15) is 4.21 Å². The zero-order valence-electron chi connectivity index (χ0n) is 17.5. The summed E-state index contributed by atoms with van der Waals surface area (Å²) in [4.78, 5) is 3.36. The molecule has 2 atom stereocenters. The van der Waals surface area contributed by atoms with E-state index in [0.717, 1.165) is 23.5 Å². The van der Waals surface area contributed by atoms with Crippen molar-refractivity contribution in [3.63, 3.8) is 0 Å². The first-order chi connectivity index (χ1) is 14.6. The maximum absolute atomic E-state index is 13.1. The van der Waals surface area contributed by atoms with Crippen LogP contribution in [0, 0.1) is 0 Å². The number of likely N-dealkylation sites (tertiary alicyclic amines) is 1. The average Bonchev–Trinajstić information content (AvgIpc) is 3.49. The Morgan fingerprint density at radius 3 is 2.63 bits per heavy atom. The van der Waals surface area contributed by atoms with Crippen molar-refractivity contribution < 1.29 is 4.21 Å². The van der Waals surface area contributed by atoms with E-state index in [0.29, 0.717) is 6.54 Å². The van der Waals surface area contributed by atoms with Crippen molar-refractivity contribution >= 4 is 32.8 Å². The Morgan fingerprint density at radius 1 is 1.00 bits per heavy atom. The van der Waals surface area contributed by atoms with E-state index in [4.69, 9.17) is 0 Å². The van der Waals surface area contributed by atoms with Crippen LogP contribution >= 0.6 is 0 Å². The summed E-state index contributed by atoms with van der Waals surface area (Å²) in [6.45, 7) is 2.85. The van der Waals surface area contributed by atoms with Gasteiger partial charge in [0.05, 0.1) is 10.9 Å². The number of hydrogen-bond acceptors (Lipinski definition) is 2. The van der Waals surface area contributed by atoms with Crippen LogP contribution in [-0.4, -0.2) is 37.9 Å². The average molecular weight is 421 g/mol. The van der Waals surface area contributed by atoms with Crippen LogP contribution in [0.25, 0.3) is 21.8 Å². The molecule has 1 fully saturated rings. The van der Waals surface area contributed by atoms with Gasteiger partial charge >= 0.3 is 0 Å². The second-order valence-corrected chi connectivity index (χ2v) is 9.53. The van der Waals surface area contributed by atoms with Crippen molar-refractivity contribution in [1.29, 1.82) is 0 Å². The van der Waals surface area contributed by atoms with Gasteiger partial charge in [-0.15, -0.1) is 0 Å². The molecule has 4 aromatic rings. The molecular formula is C24H28N4OS. The molecular weight excluding hydrogens is 392 g/mol. The molecule has 0 bridgehead atoms. The van der Waals surface area contributed by atoms with Crippen LogP contribution in [0.4, 0.5) is 0 Å². The second kappa shape index (κ2) is 8.02. The van der Waals surface area contributed by atoms with Crippen LogP contribution in [0.15, 0.2) is 65.8 Å². The number of aromatic nitrogens is 2. The third-order valence-corrected chi connectivity index (χ3v) is 7.46. The molecule has 30 heavy (non-hydrogen) atoms. The molecule has 1 N–H and O–H groups in total. The lowest BCUT2D eigenvalue weighted by molar-refractivity contribution is 0.248. The Hall–Kier alpha value is -2.41. The number of hydrogen-bond donors (Lipinski definition) is 1. The molecule has 6 heteroatoms. The van der Waals surface area contributed by atoms with Crippen molar-refractivity contribution in [3.05, 3.63) is 66.5 Å². The molecule has 1 aliphatic heterocycles. The van der Waals surface area contributed by atoms with Gasteiger partial charge in [0.2, 0.25) is 0 Å². The molecule has 2 aromatic heterocycles. The van der Waals surface area contributed by atoms with E-state index in [2.05, 4.69) is 62.3 Å². The number of nitrogens with zero attached hydrogens (tertiary/aromatic N) is 3. The van der Waals surface area contributed by atoms with Gasteiger partial charge in [-0.05, 0) is 61.1 Å². The van der Waals surface area contributed by atoms with Gasteiger partial charge < -0.3 is 9.13 Å². The molecule has 156 valence electrons. The summed E-state index contributed by atoms with van der Waals surface area (Å²) in [7, 11) is 2.87. The molecule has 0 spiro atoms. The Labute approximate surface area is 179 Å². The lowest BCUT2D eigenvalue weighted by Gasteiger charge is -2.27. The highest BCUT2D eigenvalue weighted by molar-refractivity contribution is 7.83. The molecule has 5 nitrogen and oxygen atoms in total. The number of nitrogens with one attached hydrogen (secondary N) is 1. The molecule has 0 amide bonds. The second-order valence-electron chi connectivity index (χ2n) is 8.24. The quantitative estimate of drug-likeness (QED) is 0.510. The molecule has 0 saturated carbocycles. The topological polar surface area (TPSA) is 42.2 Å². The molecule has 2 aromatic carbocycles. The zero-order chi connectivity index (χ0) is 20.7. The van der Waals surface area contributed by atoms with Crippen LogP contribution in [-0.2, 0) is 25.1 Å². The molecule has 0 aliphatic carbocycles. The number of para-hydroxylation sites is 1. The summed E-state index contributed by atoms with van der Waals surface area (Å²) in [6, 6.07) is 16.9. The van der Waals surface area contributed by atoms with Gasteiger partial charge in [-0.3, -0.25) is 4.90 Å².